The predicted octanol–water partition coefficient (Wildman–Crippen LogP) is 2.90. The summed E-state index contributed by atoms with van der Waals surface area (Å²) in [6.07, 6.45) is -1.21. The highest BCUT2D eigenvalue weighted by Crippen LogP contribution is 2.67. The van der Waals surface area contributed by atoms with Gasteiger partial charge in [-0.15, -0.1) is 0 Å². The van der Waals surface area contributed by atoms with E-state index < -0.39 is 34.7 Å². The molecule has 5 nitrogen and oxygen atoms in total. The molecule has 3 aliphatic carbocycles. The van der Waals surface area contributed by atoms with Crippen LogP contribution in [0.1, 0.15) is 68.2 Å². The third-order valence-electron chi connectivity index (χ3n) is 9.32. The molecule has 0 spiro atoms. The lowest BCUT2D eigenvalue weighted by atomic mass is 9.50. The first-order valence-electron chi connectivity index (χ1n) is 11.4. The van der Waals surface area contributed by atoms with Crippen LogP contribution in [0.5, 0.6) is 0 Å². The van der Waals surface area contributed by atoms with Crippen LogP contribution in [0.25, 0.3) is 0 Å². The second kappa shape index (κ2) is 7.30. The minimum atomic E-state index is -1.08. The van der Waals surface area contributed by atoms with Crippen molar-refractivity contribution in [3.63, 3.8) is 0 Å². The third kappa shape index (κ3) is 2.91. The Kier molecular flexibility index (Phi) is 5.84. The van der Waals surface area contributed by atoms with Crippen molar-refractivity contribution in [2.45, 2.75) is 98.2 Å². The van der Waals surface area contributed by atoms with Gasteiger partial charge in [0.1, 0.15) is 0 Å². The van der Waals surface area contributed by atoms with E-state index in [2.05, 4.69) is 13.8 Å². The molecule has 0 aromatic carbocycles. The predicted molar refractivity (Wildman–Crippen MR) is 113 cm³/mol. The molecular weight excluding hydrogens is 368 g/mol. The van der Waals surface area contributed by atoms with E-state index in [0.717, 1.165) is 11.1 Å². The van der Waals surface area contributed by atoms with Crippen molar-refractivity contribution in [3.8, 4) is 0 Å². The molecule has 0 aliphatic heterocycles. The van der Waals surface area contributed by atoms with Gasteiger partial charge in [0, 0.05) is 29.8 Å². The molecule has 2 saturated carbocycles. The Balaban J connectivity index is 2.28. The third-order valence-corrected chi connectivity index (χ3v) is 9.32. The summed E-state index contributed by atoms with van der Waals surface area (Å²) in [6.45, 7) is 16.5. The molecule has 29 heavy (non-hydrogen) atoms. The highest BCUT2D eigenvalue weighted by atomic mass is 16.5. The van der Waals surface area contributed by atoms with Gasteiger partial charge in [-0.25, -0.2) is 0 Å². The monoisotopic (exact) mass is 410 g/mol. The maximum absolute atomic E-state index is 11.7. The van der Waals surface area contributed by atoms with Crippen molar-refractivity contribution in [2.75, 3.05) is 6.61 Å². The normalized spacial score (nSPS) is 50.9. The lowest BCUT2D eigenvalue weighted by molar-refractivity contribution is -0.203. The maximum Gasteiger partial charge on any atom is 0.0760 e. The summed E-state index contributed by atoms with van der Waals surface area (Å²) >= 11 is 0. The van der Waals surface area contributed by atoms with Crippen LogP contribution in [0.15, 0.2) is 11.1 Å². The summed E-state index contributed by atoms with van der Waals surface area (Å²) in [6, 6.07) is 0. The molecule has 5 heteroatoms. The van der Waals surface area contributed by atoms with Crippen LogP contribution in [0.2, 0.25) is 0 Å². The van der Waals surface area contributed by atoms with Crippen LogP contribution in [0, 0.1) is 34.5 Å². The standard InChI is InChI=1S/C24H42O5/c1-9-29-17-10-18(26)23(8)20(13(17)3)15(5)24(22(6,7)28)11-16(25)12(2)19(24)14(4)21(23)27/h13-18,20-21,25-28H,9-11H2,1-8H3/t13-,14-,15-,16-,17+,18-,20-,21-,23+,24+/m0/s1. The van der Waals surface area contributed by atoms with Gasteiger partial charge in [0.05, 0.1) is 30.0 Å². The molecule has 4 N–H and O–H groups in total. The smallest absolute Gasteiger partial charge is 0.0760 e. The van der Waals surface area contributed by atoms with Crippen LogP contribution in [-0.2, 0) is 4.74 Å². The molecule has 0 radical (unpaired) electrons. The van der Waals surface area contributed by atoms with Gasteiger partial charge >= 0.3 is 0 Å². The van der Waals surface area contributed by atoms with Gasteiger partial charge in [-0.2, -0.15) is 0 Å². The van der Waals surface area contributed by atoms with E-state index in [9.17, 15) is 20.4 Å². The maximum atomic E-state index is 11.7. The minimum Gasteiger partial charge on any atom is -0.392 e. The molecule has 0 amide bonds. The van der Waals surface area contributed by atoms with Gasteiger partial charge in [0.15, 0.2) is 0 Å². The summed E-state index contributed by atoms with van der Waals surface area (Å²) in [5, 5.41) is 45.4. The Morgan fingerprint density at radius 2 is 1.72 bits per heavy atom. The molecule has 3 rings (SSSR count). The fourth-order valence-electron chi connectivity index (χ4n) is 7.97. The Hall–Kier alpha value is -0.460. The molecule has 2 fully saturated rings. The summed E-state index contributed by atoms with van der Waals surface area (Å²) in [5.41, 5.74) is -0.603. The molecule has 0 unspecified atom stereocenters. The zero-order chi connectivity index (χ0) is 22.1. The number of rotatable bonds is 3. The highest BCUT2D eigenvalue weighted by molar-refractivity contribution is 5.39. The number of fused-ring (bicyclic) bond motifs is 2. The average molecular weight is 411 g/mol. The van der Waals surface area contributed by atoms with E-state index in [4.69, 9.17) is 4.74 Å². The molecule has 10 atom stereocenters. The SMILES string of the molecule is CCO[C@@H]1C[C@H](O)[C@]2(C)[C@@H]([C@H]1C)[C@H](C)[C@]1(C(C)(C)O)C[C@H](O)C(C)=C1[C@H](C)[C@@H]2O. The van der Waals surface area contributed by atoms with E-state index in [1.54, 1.807) is 0 Å². The van der Waals surface area contributed by atoms with Gasteiger partial charge in [-0.1, -0.05) is 33.3 Å². The molecule has 0 heterocycles. The highest BCUT2D eigenvalue weighted by Gasteiger charge is 2.68. The Morgan fingerprint density at radius 3 is 2.24 bits per heavy atom. The van der Waals surface area contributed by atoms with Crippen LogP contribution in [0.3, 0.4) is 0 Å². The van der Waals surface area contributed by atoms with Crippen LogP contribution in [0.4, 0.5) is 0 Å². The number of hydrogen-bond donors (Lipinski definition) is 4. The van der Waals surface area contributed by atoms with Crippen molar-refractivity contribution in [3.05, 3.63) is 11.1 Å². The fraction of sp³-hybridized carbons (Fsp3) is 0.917. The summed E-state index contributed by atoms with van der Waals surface area (Å²) in [7, 11) is 0. The summed E-state index contributed by atoms with van der Waals surface area (Å²) < 4.78 is 6.02. The number of aliphatic hydroxyl groups is 4. The van der Waals surface area contributed by atoms with Crippen molar-refractivity contribution in [2.24, 2.45) is 34.5 Å². The molecule has 0 saturated heterocycles. The van der Waals surface area contributed by atoms with Crippen LogP contribution in [-0.4, -0.2) is 57.0 Å². The Morgan fingerprint density at radius 1 is 1.14 bits per heavy atom. The lowest BCUT2D eigenvalue weighted by Gasteiger charge is -2.57. The number of ether oxygens (including phenoxy) is 1. The zero-order valence-corrected chi connectivity index (χ0v) is 19.4. The van der Waals surface area contributed by atoms with E-state index in [-0.39, 0.29) is 29.8 Å². The van der Waals surface area contributed by atoms with E-state index in [1.165, 1.54) is 0 Å². The molecule has 0 bridgehead atoms. The van der Waals surface area contributed by atoms with Gasteiger partial charge < -0.3 is 25.2 Å². The number of aliphatic hydroxyl groups excluding tert-OH is 3. The van der Waals surface area contributed by atoms with E-state index in [1.807, 2.05) is 41.5 Å². The molecule has 0 aromatic heterocycles. The second-order valence-electron chi connectivity index (χ2n) is 10.9. The number of hydrogen-bond acceptors (Lipinski definition) is 5. The molecule has 168 valence electrons. The first-order chi connectivity index (χ1) is 13.3. The van der Waals surface area contributed by atoms with Crippen LogP contribution < -0.4 is 0 Å². The second-order valence-corrected chi connectivity index (χ2v) is 10.9. The lowest BCUT2D eigenvalue weighted by Crippen LogP contribution is -2.61. The fourth-order valence-corrected chi connectivity index (χ4v) is 7.97. The van der Waals surface area contributed by atoms with E-state index in [0.29, 0.717) is 19.4 Å². The van der Waals surface area contributed by atoms with Crippen molar-refractivity contribution < 1.29 is 25.2 Å². The summed E-state index contributed by atoms with van der Waals surface area (Å²) in [4.78, 5) is 0. The van der Waals surface area contributed by atoms with Gasteiger partial charge in [0.2, 0.25) is 0 Å². The Bertz CT molecular complexity index is 667. The van der Waals surface area contributed by atoms with Crippen molar-refractivity contribution in [1.29, 1.82) is 0 Å². The average Bonchev–Trinajstić information content (AvgIpc) is 2.87. The molecular formula is C24H42O5. The topological polar surface area (TPSA) is 90.2 Å². The van der Waals surface area contributed by atoms with Gasteiger partial charge in [-0.05, 0) is 57.4 Å². The first kappa shape index (κ1) is 23.2. The van der Waals surface area contributed by atoms with Gasteiger partial charge in [0.25, 0.3) is 0 Å². The first-order valence-corrected chi connectivity index (χ1v) is 11.4. The van der Waals surface area contributed by atoms with Crippen LogP contribution >= 0.6 is 0 Å². The zero-order valence-electron chi connectivity index (χ0n) is 19.4. The quantitative estimate of drug-likeness (QED) is 0.537. The molecule has 0 aromatic rings. The Labute approximate surface area is 176 Å². The van der Waals surface area contributed by atoms with Crippen molar-refractivity contribution in [1.82, 2.24) is 0 Å². The van der Waals surface area contributed by atoms with Crippen molar-refractivity contribution >= 4 is 0 Å². The summed E-state index contributed by atoms with van der Waals surface area (Å²) in [5.74, 6) is -0.275. The minimum absolute atomic E-state index is 0.0536. The molecule has 3 aliphatic rings. The largest absolute Gasteiger partial charge is 0.392 e. The van der Waals surface area contributed by atoms with Gasteiger partial charge in [-0.3, -0.25) is 0 Å². The van der Waals surface area contributed by atoms with E-state index >= 15 is 0 Å².